The van der Waals surface area contributed by atoms with Gasteiger partial charge in [0.05, 0.1) is 23.5 Å². The van der Waals surface area contributed by atoms with Crippen LogP contribution < -0.4 is 31.9 Å². The first-order valence-corrected chi connectivity index (χ1v) is 25.5. The van der Waals surface area contributed by atoms with Crippen LogP contribution in [0.4, 0.5) is 24.5 Å². The third-order valence-electron chi connectivity index (χ3n) is 14.2. The number of ketones is 2. The SMILES string of the molecule is CN(C)c1cc(NC(=O)CCCCCCCCCCC[P+](c2ccc(F)cc2)(c2ccc(F)cc2)c2ccc(F)cc2)c(O)c2c1C[C@H]1C[C@H]3[C@H](N(C)C)C(=O)C(C(N)=O)=C(O)[C@@]3(O)C(=O)C1=C2O. The van der Waals surface area contributed by atoms with Crippen molar-refractivity contribution < 1.29 is 52.8 Å². The van der Waals surface area contributed by atoms with Gasteiger partial charge in [-0.25, -0.2) is 13.2 Å². The number of nitrogens with two attached hydrogens (primary N) is 1. The molecule has 4 aromatic carbocycles. The molecular formula is C53H61F3N4O8P+. The summed E-state index contributed by atoms with van der Waals surface area (Å²) >= 11 is 0. The number of aliphatic hydroxyl groups excluding tert-OH is 2. The molecule has 2 amide bonds. The maximum Gasteiger partial charge on any atom is 0.255 e. The number of benzene rings is 4. The summed E-state index contributed by atoms with van der Waals surface area (Å²) in [6, 6.07) is 19.8. The van der Waals surface area contributed by atoms with Crippen molar-refractivity contribution in [2.75, 3.05) is 44.6 Å². The van der Waals surface area contributed by atoms with Gasteiger partial charge in [-0.3, -0.25) is 24.1 Å². The topological polar surface area (TPSA) is 194 Å². The second kappa shape index (κ2) is 20.9. The minimum atomic E-state index is -2.77. The molecule has 4 aromatic rings. The van der Waals surface area contributed by atoms with Gasteiger partial charge in [-0.05, 0) is 137 Å². The van der Waals surface area contributed by atoms with Crippen LogP contribution >= 0.6 is 7.26 Å². The van der Waals surface area contributed by atoms with Crippen LogP contribution in [0.1, 0.15) is 81.8 Å². The Morgan fingerprint density at radius 2 is 1.23 bits per heavy atom. The zero-order valence-electron chi connectivity index (χ0n) is 39.4. The van der Waals surface area contributed by atoms with Gasteiger partial charge in [0.2, 0.25) is 11.7 Å². The number of hydrogen-bond acceptors (Lipinski definition) is 10. The number of aromatic hydroxyl groups is 1. The van der Waals surface area contributed by atoms with Gasteiger partial charge in [0.1, 0.15) is 63.5 Å². The van der Waals surface area contributed by atoms with Crippen LogP contribution in [0.3, 0.4) is 0 Å². The number of nitrogens with one attached hydrogen (secondary N) is 1. The molecule has 7 N–H and O–H groups in total. The zero-order chi connectivity index (χ0) is 49.9. The largest absolute Gasteiger partial charge is 0.508 e. The number of primary amides is 1. The Morgan fingerprint density at radius 1 is 0.754 bits per heavy atom. The molecule has 0 radical (unpaired) electrons. The van der Waals surface area contributed by atoms with Crippen LogP contribution in [0.2, 0.25) is 0 Å². The number of carbonyl (C=O) groups is 4. The van der Waals surface area contributed by atoms with Crippen molar-refractivity contribution in [3.05, 3.63) is 124 Å². The summed E-state index contributed by atoms with van der Waals surface area (Å²) in [7, 11) is 4.22. The normalized spacial score (nSPS) is 20.2. The third kappa shape index (κ3) is 9.78. The smallest absolute Gasteiger partial charge is 0.255 e. The van der Waals surface area contributed by atoms with E-state index in [4.69, 9.17) is 5.73 Å². The van der Waals surface area contributed by atoms with Crippen molar-refractivity contribution in [3.8, 4) is 5.75 Å². The first-order valence-electron chi connectivity index (χ1n) is 23.5. The number of unbranched alkanes of at least 4 members (excludes halogenated alkanes) is 8. The Kier molecular flexibility index (Phi) is 15.4. The Labute approximate surface area is 401 Å². The van der Waals surface area contributed by atoms with E-state index >= 15 is 0 Å². The molecule has 0 unspecified atom stereocenters. The van der Waals surface area contributed by atoms with Crippen molar-refractivity contribution in [2.24, 2.45) is 17.6 Å². The Hall–Kier alpha value is -6.02. The van der Waals surface area contributed by atoms with Crippen LogP contribution in [-0.4, -0.2) is 94.7 Å². The molecule has 3 aliphatic carbocycles. The van der Waals surface area contributed by atoms with E-state index < -0.39 is 71.1 Å². The quantitative estimate of drug-likeness (QED) is 0.0241. The number of phenols is 1. The number of Topliss-reactive ketones (excluding diaryl/α,β-unsaturated/α-hetero) is 2. The second-order valence-electron chi connectivity index (χ2n) is 18.9. The summed E-state index contributed by atoms with van der Waals surface area (Å²) in [4.78, 5) is 56.6. The maximum atomic E-state index is 14.3. The highest BCUT2D eigenvalue weighted by Gasteiger charge is 2.64. The summed E-state index contributed by atoms with van der Waals surface area (Å²) in [5.41, 5.74) is 2.45. The van der Waals surface area contributed by atoms with E-state index in [-0.39, 0.29) is 59.4 Å². The zero-order valence-corrected chi connectivity index (χ0v) is 40.3. The molecule has 69 heavy (non-hydrogen) atoms. The molecule has 16 heteroatoms. The van der Waals surface area contributed by atoms with Crippen LogP contribution in [0, 0.1) is 29.3 Å². The highest BCUT2D eigenvalue weighted by molar-refractivity contribution is 7.95. The van der Waals surface area contributed by atoms with E-state index in [1.54, 1.807) is 75.6 Å². The molecule has 0 heterocycles. The van der Waals surface area contributed by atoms with E-state index in [0.29, 0.717) is 17.7 Å². The fraction of sp³-hybridized carbons (Fsp3) is 0.396. The van der Waals surface area contributed by atoms with Crippen LogP contribution in [0.5, 0.6) is 5.75 Å². The van der Waals surface area contributed by atoms with Crippen molar-refractivity contribution in [2.45, 2.75) is 88.7 Å². The van der Waals surface area contributed by atoms with Crippen molar-refractivity contribution in [1.29, 1.82) is 0 Å². The molecule has 0 saturated heterocycles. The van der Waals surface area contributed by atoms with Gasteiger partial charge >= 0.3 is 0 Å². The number of hydrogen-bond donors (Lipinski definition) is 6. The Morgan fingerprint density at radius 3 is 1.70 bits per heavy atom. The molecule has 3 aliphatic rings. The monoisotopic (exact) mass is 969 g/mol. The Balaban J connectivity index is 0.940. The van der Waals surface area contributed by atoms with E-state index in [1.807, 2.05) is 0 Å². The molecule has 0 spiro atoms. The lowest BCUT2D eigenvalue weighted by Gasteiger charge is -2.50. The first kappa shape index (κ1) is 50.8. The number of carbonyl (C=O) groups excluding carboxylic acids is 4. The molecule has 12 nitrogen and oxygen atoms in total. The van der Waals surface area contributed by atoms with Crippen LogP contribution in [0.25, 0.3) is 5.76 Å². The summed E-state index contributed by atoms with van der Waals surface area (Å²) in [5, 5.41) is 52.2. The number of rotatable bonds is 19. The van der Waals surface area contributed by atoms with Crippen molar-refractivity contribution >= 4 is 63.7 Å². The fourth-order valence-corrected chi connectivity index (χ4v) is 15.1. The number of likely N-dealkylation sites (N-methyl/N-ethyl adjacent to an activating group) is 1. The predicted octanol–water partition coefficient (Wildman–Crippen LogP) is 7.28. The molecule has 4 atom stereocenters. The van der Waals surface area contributed by atoms with Gasteiger partial charge in [-0.1, -0.05) is 38.5 Å². The molecule has 0 aliphatic heterocycles. The van der Waals surface area contributed by atoms with Gasteiger partial charge in [0, 0.05) is 37.7 Å². The van der Waals surface area contributed by atoms with E-state index in [2.05, 4.69) is 5.32 Å². The summed E-state index contributed by atoms with van der Waals surface area (Å²) in [6.45, 7) is 0. The summed E-state index contributed by atoms with van der Waals surface area (Å²) in [5.74, 6) is -8.90. The number of aliphatic hydroxyl groups is 3. The predicted molar refractivity (Wildman–Crippen MR) is 263 cm³/mol. The van der Waals surface area contributed by atoms with Crippen LogP contribution in [0.15, 0.2) is 95.8 Å². The van der Waals surface area contributed by atoms with Crippen molar-refractivity contribution in [3.63, 3.8) is 0 Å². The minimum absolute atomic E-state index is 0.00922. The minimum Gasteiger partial charge on any atom is -0.508 e. The van der Waals surface area contributed by atoms with Gasteiger partial charge < -0.3 is 36.4 Å². The lowest BCUT2D eigenvalue weighted by Crippen LogP contribution is -2.65. The highest BCUT2D eigenvalue weighted by atomic mass is 31.2. The molecule has 366 valence electrons. The second-order valence-corrected chi connectivity index (χ2v) is 22.6. The van der Waals surface area contributed by atoms with Gasteiger partial charge in [0.15, 0.2) is 11.4 Å². The van der Waals surface area contributed by atoms with E-state index in [9.17, 15) is 52.8 Å². The van der Waals surface area contributed by atoms with Crippen molar-refractivity contribution in [1.82, 2.24) is 4.90 Å². The van der Waals surface area contributed by atoms with E-state index in [1.165, 1.54) is 41.3 Å². The third-order valence-corrected chi connectivity index (χ3v) is 18.7. The number of anilines is 2. The number of fused-ring (bicyclic) bond motifs is 3. The average Bonchev–Trinajstić information content (AvgIpc) is 3.29. The van der Waals surface area contributed by atoms with Gasteiger partial charge in [-0.2, -0.15) is 0 Å². The molecule has 0 bridgehead atoms. The number of phenolic OH excluding ortho intramolecular Hbond substituents is 1. The molecule has 7 rings (SSSR count). The average molecular weight is 970 g/mol. The highest BCUT2D eigenvalue weighted by Crippen LogP contribution is 2.57. The molecule has 1 fully saturated rings. The Bertz CT molecular complexity index is 2560. The van der Waals surface area contributed by atoms with Gasteiger partial charge in [-0.15, -0.1) is 0 Å². The molecular weight excluding hydrogens is 909 g/mol. The number of halogens is 3. The van der Waals surface area contributed by atoms with Crippen LogP contribution in [-0.2, 0) is 25.6 Å². The summed E-state index contributed by atoms with van der Waals surface area (Å²) in [6.07, 6.45) is 9.09. The van der Waals surface area contributed by atoms with E-state index in [0.717, 1.165) is 73.4 Å². The molecule has 1 saturated carbocycles. The maximum absolute atomic E-state index is 14.3. The lowest BCUT2D eigenvalue weighted by atomic mass is 9.57. The summed E-state index contributed by atoms with van der Waals surface area (Å²) < 4.78 is 42.4. The first-order chi connectivity index (χ1) is 32.8. The lowest BCUT2D eigenvalue weighted by molar-refractivity contribution is -0.153. The molecule has 0 aromatic heterocycles. The number of amides is 2. The standard InChI is InChI=1S/C53H60F3N4O8P/c1-59(2)41-30-40(47(62)44-38(41)28-31-29-39-46(60(3)4)49(64)45(52(57)67)51(66)53(39,68)50(65)43(31)48(44)63)58-42(61)14-12-10-8-6-5-7-9-11-13-27-69(35-21-15-32(54)16-22-35,36-23-17-33(55)18-24-36)37-25-19-34(56)20-26-37/h15-26,30-31,39,46,68H,5-14,27-29H2,1-4H3,(H5-,57,58,61,62,63,64,65,66,67)/p+1/t31-,39-,46-,53-/m0/s1. The fourth-order valence-electron chi connectivity index (χ4n) is 10.8. The number of nitrogens with zero attached hydrogens (tertiary/aromatic N) is 2. The van der Waals surface area contributed by atoms with Gasteiger partial charge in [0.25, 0.3) is 5.91 Å².